The molecule has 0 unspecified atom stereocenters. The minimum atomic E-state index is -0.502. The van der Waals surface area contributed by atoms with E-state index in [1.54, 1.807) is 22.7 Å². The van der Waals surface area contributed by atoms with Crippen molar-refractivity contribution < 1.29 is 24.2 Å². The van der Waals surface area contributed by atoms with Crippen LogP contribution in [0.15, 0.2) is 48.7 Å². The van der Waals surface area contributed by atoms with Gasteiger partial charge in [0.05, 0.1) is 38.1 Å². The van der Waals surface area contributed by atoms with E-state index in [1.807, 2.05) is 56.4 Å². The number of ether oxygens (including phenoxy) is 2. The van der Waals surface area contributed by atoms with Crippen LogP contribution in [0.3, 0.4) is 0 Å². The third kappa shape index (κ3) is 6.64. The molecule has 4 rings (SSSR count). The highest BCUT2D eigenvalue weighted by Gasteiger charge is 2.29. The quantitative estimate of drug-likeness (QED) is 0.563. The summed E-state index contributed by atoms with van der Waals surface area (Å²) < 4.78 is 13.7. The fourth-order valence-corrected chi connectivity index (χ4v) is 4.49. The highest BCUT2D eigenvalue weighted by Crippen LogP contribution is 2.26. The monoisotopic (exact) mass is 509 g/mol. The maximum absolute atomic E-state index is 13.1. The molecule has 1 aliphatic heterocycles. The number of aliphatic hydroxyl groups is 1. The van der Waals surface area contributed by atoms with E-state index < -0.39 is 12.2 Å². The molecule has 0 spiro atoms. The van der Waals surface area contributed by atoms with E-state index >= 15 is 0 Å². The van der Waals surface area contributed by atoms with Crippen molar-refractivity contribution in [2.75, 3.05) is 26.7 Å². The van der Waals surface area contributed by atoms with Crippen LogP contribution in [0.25, 0.3) is 10.8 Å². The molecular weight excluding hydrogens is 474 g/mol. The number of aryl methyl sites for hydroxylation is 1. The summed E-state index contributed by atoms with van der Waals surface area (Å²) >= 11 is 0. The Morgan fingerprint density at radius 1 is 1.27 bits per heavy atom. The normalized spacial score (nSPS) is 20.0. The predicted molar refractivity (Wildman–Crippen MR) is 138 cm³/mol. The van der Waals surface area contributed by atoms with Gasteiger partial charge in [0, 0.05) is 37.9 Å². The molecule has 2 bridgehead atoms. The number of carbonyl (C=O) groups excluding carboxylic acids is 2. The zero-order valence-corrected chi connectivity index (χ0v) is 21.6. The molecule has 37 heavy (non-hydrogen) atoms. The van der Waals surface area contributed by atoms with Crippen molar-refractivity contribution in [3.63, 3.8) is 0 Å². The molecule has 0 radical (unpaired) electrons. The summed E-state index contributed by atoms with van der Waals surface area (Å²) in [4.78, 5) is 29.3. The predicted octanol–water partition coefficient (Wildman–Crippen LogP) is 3.09. The highest BCUT2D eigenvalue weighted by molar-refractivity contribution is 5.90. The number of hydrogen-bond acceptors (Lipinski definition) is 7. The molecule has 1 aliphatic rings. The van der Waals surface area contributed by atoms with Gasteiger partial charge in [0.2, 0.25) is 5.91 Å². The molecule has 2 amide bonds. The van der Waals surface area contributed by atoms with Gasteiger partial charge in [-0.05, 0) is 24.8 Å². The molecule has 0 aliphatic carbocycles. The Kier molecular flexibility index (Phi) is 8.73. The van der Waals surface area contributed by atoms with Crippen LogP contribution in [0.1, 0.15) is 32.4 Å². The number of benzene rings is 2. The summed E-state index contributed by atoms with van der Waals surface area (Å²) in [6, 6.07) is 13.0. The number of fused-ring (bicyclic) bond motifs is 3. The molecule has 10 heteroatoms. The molecular formula is C27H35N5O5. The maximum Gasteiger partial charge on any atom is 0.415 e. The van der Waals surface area contributed by atoms with Crippen LogP contribution in [0.2, 0.25) is 0 Å². The molecule has 3 atom stereocenters. The number of aromatic nitrogens is 3. The number of rotatable bonds is 5. The second-order valence-electron chi connectivity index (χ2n) is 9.71. The first-order valence-corrected chi connectivity index (χ1v) is 12.7. The van der Waals surface area contributed by atoms with Gasteiger partial charge in [-0.3, -0.25) is 9.48 Å². The first kappa shape index (κ1) is 26.6. The lowest BCUT2D eigenvalue weighted by Gasteiger charge is -2.35. The first-order chi connectivity index (χ1) is 17.9. The van der Waals surface area contributed by atoms with Crippen LogP contribution in [-0.2, 0) is 22.7 Å². The van der Waals surface area contributed by atoms with Gasteiger partial charge in [-0.2, -0.15) is 0 Å². The summed E-state index contributed by atoms with van der Waals surface area (Å²) in [7, 11) is 1.67. The van der Waals surface area contributed by atoms with Crippen LogP contribution in [-0.4, -0.2) is 80.8 Å². The van der Waals surface area contributed by atoms with E-state index in [2.05, 4.69) is 10.3 Å². The Balaban J connectivity index is 1.51. The van der Waals surface area contributed by atoms with Crippen molar-refractivity contribution >= 4 is 22.8 Å². The SMILES string of the molecule is C[C@H]1CN([C@@H](C)CO)C(=O)CCCn2cc(nn2)CO[C@@H]1CN(C)C(=O)Oc1cccc2ccccc12. The second-order valence-corrected chi connectivity index (χ2v) is 9.71. The minimum absolute atomic E-state index is 0.0320. The van der Waals surface area contributed by atoms with Crippen LogP contribution >= 0.6 is 0 Å². The van der Waals surface area contributed by atoms with E-state index in [0.717, 1.165) is 10.8 Å². The van der Waals surface area contributed by atoms with Gasteiger partial charge in [0.25, 0.3) is 0 Å². The van der Waals surface area contributed by atoms with Crippen molar-refractivity contribution in [2.24, 2.45) is 5.92 Å². The lowest BCUT2D eigenvalue weighted by Crippen LogP contribution is -2.48. The number of likely N-dealkylation sites (N-methyl/N-ethyl adjacent to an activating group) is 1. The van der Waals surface area contributed by atoms with Crippen molar-refractivity contribution in [1.29, 1.82) is 0 Å². The Bertz CT molecular complexity index is 1210. The van der Waals surface area contributed by atoms with Gasteiger partial charge >= 0.3 is 6.09 Å². The topological polar surface area (TPSA) is 110 Å². The number of amides is 2. The fourth-order valence-electron chi connectivity index (χ4n) is 4.49. The molecule has 2 heterocycles. The summed E-state index contributed by atoms with van der Waals surface area (Å²) in [5.74, 6) is 0.320. The van der Waals surface area contributed by atoms with Gasteiger partial charge in [-0.15, -0.1) is 5.10 Å². The maximum atomic E-state index is 13.1. The van der Waals surface area contributed by atoms with E-state index in [1.165, 1.54) is 4.90 Å². The Hall–Kier alpha value is -3.50. The lowest BCUT2D eigenvalue weighted by atomic mass is 10.0. The second kappa shape index (κ2) is 12.2. The van der Waals surface area contributed by atoms with Gasteiger partial charge in [-0.1, -0.05) is 48.5 Å². The van der Waals surface area contributed by atoms with Crippen molar-refractivity contribution in [3.8, 4) is 5.75 Å². The summed E-state index contributed by atoms with van der Waals surface area (Å²) in [5, 5.41) is 19.9. The molecule has 1 aromatic heterocycles. The van der Waals surface area contributed by atoms with Gasteiger partial charge in [0.15, 0.2) is 0 Å². The largest absolute Gasteiger partial charge is 0.415 e. The average molecular weight is 510 g/mol. The van der Waals surface area contributed by atoms with Crippen LogP contribution in [0, 0.1) is 5.92 Å². The standard InChI is InChI=1S/C27H35N5O5/c1-19-14-32(20(2)17-33)26(34)12-7-13-31-15-22(28-29-31)18-36-25(19)16-30(3)27(35)37-24-11-6-9-21-8-4-5-10-23(21)24/h4-6,8-11,15,19-20,25,33H,7,12-14,16-18H2,1-3H3/t19-,20-,25+/m0/s1. The summed E-state index contributed by atoms with van der Waals surface area (Å²) in [6.45, 7) is 5.11. The third-order valence-electron chi connectivity index (χ3n) is 6.76. The number of aliphatic hydroxyl groups excluding tert-OH is 1. The fraction of sp³-hybridized carbons (Fsp3) is 0.481. The van der Waals surface area contributed by atoms with Crippen molar-refractivity contribution in [3.05, 3.63) is 54.4 Å². The van der Waals surface area contributed by atoms with Crippen molar-refractivity contribution in [2.45, 2.75) is 52.0 Å². The third-order valence-corrected chi connectivity index (χ3v) is 6.76. The summed E-state index contributed by atoms with van der Waals surface area (Å²) in [6.07, 6.45) is 1.86. The first-order valence-electron chi connectivity index (χ1n) is 12.7. The molecule has 3 aromatic rings. The van der Waals surface area contributed by atoms with Gasteiger partial charge in [-0.25, -0.2) is 4.79 Å². The Morgan fingerprint density at radius 2 is 2.05 bits per heavy atom. The van der Waals surface area contributed by atoms with Crippen LogP contribution in [0.4, 0.5) is 4.79 Å². The van der Waals surface area contributed by atoms with Crippen LogP contribution in [0.5, 0.6) is 5.75 Å². The average Bonchev–Trinajstić information content (AvgIpc) is 3.36. The smallest absolute Gasteiger partial charge is 0.410 e. The molecule has 0 saturated carbocycles. The molecule has 10 nitrogen and oxygen atoms in total. The molecule has 198 valence electrons. The molecule has 0 saturated heterocycles. The zero-order valence-electron chi connectivity index (χ0n) is 21.6. The van der Waals surface area contributed by atoms with Crippen molar-refractivity contribution in [1.82, 2.24) is 24.8 Å². The highest BCUT2D eigenvalue weighted by atomic mass is 16.6. The summed E-state index contributed by atoms with van der Waals surface area (Å²) in [5.41, 5.74) is 0.685. The zero-order chi connectivity index (χ0) is 26.4. The van der Waals surface area contributed by atoms with Crippen LogP contribution < -0.4 is 4.74 Å². The van der Waals surface area contributed by atoms with Gasteiger partial charge in [0.1, 0.15) is 11.4 Å². The van der Waals surface area contributed by atoms with E-state index in [4.69, 9.17) is 9.47 Å². The van der Waals surface area contributed by atoms with Gasteiger partial charge < -0.3 is 24.4 Å². The molecule has 0 fully saturated rings. The van der Waals surface area contributed by atoms with E-state index in [9.17, 15) is 14.7 Å². The number of nitrogens with zero attached hydrogens (tertiary/aromatic N) is 5. The lowest BCUT2D eigenvalue weighted by molar-refractivity contribution is -0.136. The van der Waals surface area contributed by atoms with E-state index in [0.29, 0.717) is 37.4 Å². The minimum Gasteiger partial charge on any atom is -0.410 e. The molecule has 2 aromatic carbocycles. The van der Waals surface area contributed by atoms with E-state index in [-0.39, 0.29) is 37.6 Å². The Labute approximate surface area is 216 Å². The molecule has 1 N–H and O–H groups in total. The number of hydrogen-bond donors (Lipinski definition) is 1. The number of carbonyl (C=O) groups is 2. The Morgan fingerprint density at radius 3 is 2.86 bits per heavy atom.